The molecule has 17 heavy (non-hydrogen) atoms. The molecule has 0 bridgehead atoms. The number of hydrogen-bond donors (Lipinski definition) is 2. The fraction of sp³-hybridized carbons (Fsp3) is 1.00. The summed E-state index contributed by atoms with van der Waals surface area (Å²) in [4.78, 5) is 0. The molecule has 3 fully saturated rings. The Balaban J connectivity index is 1.41. The summed E-state index contributed by atoms with van der Waals surface area (Å²) >= 11 is 0. The Morgan fingerprint density at radius 1 is 1.00 bits per heavy atom. The average Bonchev–Trinajstić information content (AvgIpc) is 3.16. The van der Waals surface area contributed by atoms with Crippen molar-refractivity contribution < 1.29 is 0 Å². The van der Waals surface area contributed by atoms with Crippen molar-refractivity contribution in [3.8, 4) is 0 Å². The maximum Gasteiger partial charge on any atom is 0.0166 e. The molecule has 3 rings (SSSR count). The molecular weight excluding hydrogens is 208 g/mol. The second kappa shape index (κ2) is 4.89. The van der Waals surface area contributed by atoms with Crippen molar-refractivity contribution in [2.75, 3.05) is 6.54 Å². The van der Waals surface area contributed by atoms with Gasteiger partial charge in [-0.15, -0.1) is 0 Å². The molecule has 0 aliphatic heterocycles. The Labute approximate surface area is 106 Å². The molecule has 0 radical (unpaired) electrons. The van der Waals surface area contributed by atoms with Crippen LogP contribution in [0.2, 0.25) is 0 Å². The Bertz CT molecular complexity index is 238. The number of nitrogens with two attached hydrogens (primary N) is 1. The number of nitrogens with one attached hydrogen (secondary N) is 1. The van der Waals surface area contributed by atoms with E-state index in [1.807, 2.05) is 0 Å². The minimum absolute atomic E-state index is 0.170. The molecule has 0 atom stereocenters. The maximum atomic E-state index is 6.49. The van der Waals surface area contributed by atoms with Gasteiger partial charge in [-0.2, -0.15) is 0 Å². The molecule has 0 aromatic carbocycles. The minimum Gasteiger partial charge on any atom is -0.325 e. The van der Waals surface area contributed by atoms with Crippen LogP contribution in [0.25, 0.3) is 0 Å². The molecule has 3 saturated carbocycles. The van der Waals surface area contributed by atoms with Gasteiger partial charge in [-0.1, -0.05) is 19.3 Å². The standard InChI is InChI=1S/C15H28N2/c16-15(8-2-1-3-9-15)10-11-17-14(12-4-5-12)13-6-7-13/h12-14,17H,1-11,16H2. The summed E-state index contributed by atoms with van der Waals surface area (Å²) < 4.78 is 0. The van der Waals surface area contributed by atoms with E-state index in [4.69, 9.17) is 5.73 Å². The quantitative estimate of drug-likeness (QED) is 0.744. The van der Waals surface area contributed by atoms with Crippen LogP contribution < -0.4 is 11.1 Å². The summed E-state index contributed by atoms with van der Waals surface area (Å²) in [5.41, 5.74) is 6.66. The van der Waals surface area contributed by atoms with Gasteiger partial charge in [0, 0.05) is 11.6 Å². The first-order valence-electron chi connectivity index (χ1n) is 7.79. The molecule has 3 N–H and O–H groups in total. The van der Waals surface area contributed by atoms with Crippen LogP contribution >= 0.6 is 0 Å². The molecule has 3 aliphatic rings. The monoisotopic (exact) mass is 236 g/mol. The van der Waals surface area contributed by atoms with Crippen molar-refractivity contribution in [1.29, 1.82) is 0 Å². The Morgan fingerprint density at radius 3 is 2.12 bits per heavy atom. The second-order valence-corrected chi connectivity index (χ2v) is 6.83. The van der Waals surface area contributed by atoms with E-state index in [-0.39, 0.29) is 5.54 Å². The molecule has 0 spiro atoms. The summed E-state index contributed by atoms with van der Waals surface area (Å²) in [5.74, 6) is 2.03. The van der Waals surface area contributed by atoms with Gasteiger partial charge in [0.2, 0.25) is 0 Å². The van der Waals surface area contributed by atoms with Gasteiger partial charge in [0.15, 0.2) is 0 Å². The lowest BCUT2D eigenvalue weighted by molar-refractivity contribution is 0.266. The van der Waals surface area contributed by atoms with Crippen molar-refractivity contribution in [2.24, 2.45) is 17.6 Å². The lowest BCUT2D eigenvalue weighted by atomic mass is 9.80. The molecule has 2 heteroatoms. The molecule has 0 saturated heterocycles. The summed E-state index contributed by atoms with van der Waals surface area (Å²) in [6.45, 7) is 1.16. The molecule has 98 valence electrons. The van der Waals surface area contributed by atoms with Crippen LogP contribution in [0.4, 0.5) is 0 Å². The molecule has 0 heterocycles. The SMILES string of the molecule is NC1(CCNC(C2CC2)C2CC2)CCCCC1. The van der Waals surface area contributed by atoms with Gasteiger partial charge < -0.3 is 11.1 Å². The van der Waals surface area contributed by atoms with Crippen LogP contribution in [0.15, 0.2) is 0 Å². The number of hydrogen-bond acceptors (Lipinski definition) is 2. The smallest absolute Gasteiger partial charge is 0.0166 e. The highest BCUT2D eigenvalue weighted by atomic mass is 15.0. The fourth-order valence-corrected chi connectivity index (χ4v) is 3.62. The van der Waals surface area contributed by atoms with E-state index in [1.165, 1.54) is 64.2 Å². The molecule has 3 aliphatic carbocycles. The van der Waals surface area contributed by atoms with Crippen molar-refractivity contribution in [3.05, 3.63) is 0 Å². The topological polar surface area (TPSA) is 38.0 Å². The van der Waals surface area contributed by atoms with Crippen LogP contribution in [0.3, 0.4) is 0 Å². The molecular formula is C15H28N2. The van der Waals surface area contributed by atoms with Crippen molar-refractivity contribution in [1.82, 2.24) is 5.32 Å². The highest BCUT2D eigenvalue weighted by molar-refractivity contribution is 4.97. The summed E-state index contributed by atoms with van der Waals surface area (Å²) in [7, 11) is 0. The first-order valence-corrected chi connectivity index (χ1v) is 7.79. The van der Waals surface area contributed by atoms with Crippen LogP contribution in [0.5, 0.6) is 0 Å². The summed E-state index contributed by atoms with van der Waals surface area (Å²) in [6, 6.07) is 0.849. The molecule has 0 aromatic heterocycles. The second-order valence-electron chi connectivity index (χ2n) is 6.83. The fourth-order valence-electron chi connectivity index (χ4n) is 3.62. The Hall–Kier alpha value is -0.0800. The summed E-state index contributed by atoms with van der Waals surface area (Å²) in [5, 5.41) is 3.84. The summed E-state index contributed by atoms with van der Waals surface area (Å²) in [6.07, 6.45) is 13.7. The van der Waals surface area contributed by atoms with Gasteiger partial charge in [0.1, 0.15) is 0 Å². The van der Waals surface area contributed by atoms with Gasteiger partial charge in [-0.05, 0) is 63.3 Å². The van der Waals surface area contributed by atoms with E-state index >= 15 is 0 Å². The molecule has 0 amide bonds. The molecule has 0 aromatic rings. The zero-order valence-corrected chi connectivity index (χ0v) is 11.1. The van der Waals surface area contributed by atoms with Crippen LogP contribution in [0.1, 0.15) is 64.2 Å². The van der Waals surface area contributed by atoms with Gasteiger partial charge in [0.05, 0.1) is 0 Å². The minimum atomic E-state index is 0.170. The van der Waals surface area contributed by atoms with Gasteiger partial charge in [-0.25, -0.2) is 0 Å². The normalized spacial score (nSPS) is 28.6. The zero-order chi connectivity index (χ0) is 11.7. The number of rotatable bonds is 6. The lowest BCUT2D eigenvalue weighted by Crippen LogP contribution is -2.45. The first-order chi connectivity index (χ1) is 8.27. The van der Waals surface area contributed by atoms with Gasteiger partial charge >= 0.3 is 0 Å². The van der Waals surface area contributed by atoms with E-state index < -0.39 is 0 Å². The van der Waals surface area contributed by atoms with Crippen LogP contribution in [-0.2, 0) is 0 Å². The average molecular weight is 236 g/mol. The van der Waals surface area contributed by atoms with Crippen LogP contribution in [-0.4, -0.2) is 18.1 Å². The third-order valence-electron chi connectivity index (χ3n) is 5.11. The van der Waals surface area contributed by atoms with Gasteiger partial charge in [-0.3, -0.25) is 0 Å². The predicted octanol–water partition coefficient (Wildman–Crippen LogP) is 2.82. The van der Waals surface area contributed by atoms with Crippen molar-refractivity contribution in [2.45, 2.75) is 75.8 Å². The van der Waals surface area contributed by atoms with E-state index in [1.54, 1.807) is 0 Å². The van der Waals surface area contributed by atoms with Crippen molar-refractivity contribution in [3.63, 3.8) is 0 Å². The van der Waals surface area contributed by atoms with Crippen LogP contribution in [0, 0.1) is 11.8 Å². The Morgan fingerprint density at radius 2 is 1.59 bits per heavy atom. The van der Waals surface area contributed by atoms with Crippen molar-refractivity contribution >= 4 is 0 Å². The highest BCUT2D eigenvalue weighted by Crippen LogP contribution is 2.44. The van der Waals surface area contributed by atoms with E-state index in [0.29, 0.717) is 0 Å². The van der Waals surface area contributed by atoms with Gasteiger partial charge in [0.25, 0.3) is 0 Å². The van der Waals surface area contributed by atoms with E-state index in [2.05, 4.69) is 5.32 Å². The predicted molar refractivity (Wildman–Crippen MR) is 71.9 cm³/mol. The third kappa shape index (κ3) is 3.23. The zero-order valence-electron chi connectivity index (χ0n) is 11.1. The van der Waals surface area contributed by atoms with E-state index in [9.17, 15) is 0 Å². The third-order valence-corrected chi connectivity index (χ3v) is 5.11. The Kier molecular flexibility index (Phi) is 3.45. The molecule has 0 unspecified atom stereocenters. The largest absolute Gasteiger partial charge is 0.325 e. The van der Waals surface area contributed by atoms with E-state index in [0.717, 1.165) is 24.4 Å². The maximum absolute atomic E-state index is 6.49. The molecule has 2 nitrogen and oxygen atoms in total. The first kappa shape index (κ1) is 12.0. The highest BCUT2D eigenvalue weighted by Gasteiger charge is 2.41. The lowest BCUT2D eigenvalue weighted by Gasteiger charge is -2.34.